The summed E-state index contributed by atoms with van der Waals surface area (Å²) < 4.78 is 48.9. The number of aliphatic hydroxyl groups is 1. The fourth-order valence-electron chi connectivity index (χ4n) is 8.86. The number of carbonyl (C=O) groups excluding carboxylic acids is 4. The van der Waals surface area contributed by atoms with Crippen molar-refractivity contribution in [3.63, 3.8) is 0 Å². The van der Waals surface area contributed by atoms with Gasteiger partial charge < -0.3 is 47.9 Å². The van der Waals surface area contributed by atoms with E-state index in [0.717, 1.165) is 0 Å². The molecule has 0 saturated carbocycles. The van der Waals surface area contributed by atoms with Gasteiger partial charge in [-0.3, -0.25) is 14.6 Å². The monoisotopic (exact) mass is 748 g/mol. The molecule has 15 atom stereocenters. The highest BCUT2D eigenvalue weighted by atomic mass is 16.8. The maximum atomic E-state index is 14.2. The minimum absolute atomic E-state index is 0.168. The lowest BCUT2D eigenvalue weighted by Gasteiger charge is -2.47. The Morgan fingerprint density at radius 1 is 1.00 bits per heavy atom. The topological polar surface area (TPSA) is 178 Å². The van der Waals surface area contributed by atoms with E-state index in [1.54, 1.807) is 65.9 Å². The van der Waals surface area contributed by atoms with Gasteiger partial charge in [-0.25, -0.2) is 9.59 Å². The number of nitrogens with zero attached hydrogens (tertiary/aromatic N) is 2. The Labute approximate surface area is 311 Å². The summed E-state index contributed by atoms with van der Waals surface area (Å²) in [6, 6.07) is 4.83. The zero-order chi connectivity index (χ0) is 39.0. The summed E-state index contributed by atoms with van der Waals surface area (Å²) in [6.07, 6.45) is -7.38. The van der Waals surface area contributed by atoms with Gasteiger partial charge in [0, 0.05) is 24.1 Å². The third kappa shape index (κ3) is 8.42. The summed E-state index contributed by atoms with van der Waals surface area (Å²) in [5.74, 6) is -4.44. The van der Waals surface area contributed by atoms with Gasteiger partial charge >= 0.3 is 24.2 Å². The van der Waals surface area contributed by atoms with E-state index in [9.17, 15) is 24.3 Å². The van der Waals surface area contributed by atoms with E-state index in [0.29, 0.717) is 12.1 Å². The lowest BCUT2D eigenvalue weighted by Crippen LogP contribution is -2.60. The number of hydrogen-bond donors (Lipinski definition) is 1. The molecule has 0 radical (unpaired) electrons. The SMILES string of the molecule is CC[C@H]1OC(=O)[C@H](C)[C@@H](OC(=O)Cc2ccccn2)[C@H](C)[C@@H](O[C@@H]2O[C@H](C)C[C@H](N(C)C)[C@H]2O)[C@@]2(C)C[C@@H](C)[C@H](OC(=O)O2)[C@H](C)[C@H]2OC(=O)O[C@@]21C. The molecule has 1 N–H and O–H groups in total. The number of carbonyl (C=O) groups is 4. The number of hydrogen-bond acceptors (Lipinski definition) is 15. The summed E-state index contributed by atoms with van der Waals surface area (Å²) in [5, 5.41) is 11.6. The van der Waals surface area contributed by atoms with E-state index >= 15 is 0 Å². The molecule has 15 nitrogen and oxygen atoms in total. The zero-order valence-corrected chi connectivity index (χ0v) is 32.4. The number of likely N-dealkylation sites (N-methyl/N-ethyl adjacent to an activating group) is 1. The zero-order valence-electron chi connectivity index (χ0n) is 32.4. The highest BCUT2D eigenvalue weighted by Gasteiger charge is 2.61. The van der Waals surface area contributed by atoms with Gasteiger partial charge in [0.15, 0.2) is 18.0 Å². The van der Waals surface area contributed by atoms with Crippen LogP contribution in [0.2, 0.25) is 0 Å². The average molecular weight is 749 g/mol. The second-order valence-corrected chi connectivity index (χ2v) is 15.9. The minimum Gasteiger partial charge on any atom is -0.461 e. The van der Waals surface area contributed by atoms with Crippen molar-refractivity contribution in [2.24, 2.45) is 23.7 Å². The van der Waals surface area contributed by atoms with Gasteiger partial charge in [-0.15, -0.1) is 0 Å². The van der Waals surface area contributed by atoms with Crippen molar-refractivity contribution in [3.05, 3.63) is 30.1 Å². The average Bonchev–Trinajstić information content (AvgIpc) is 3.34. The Balaban J connectivity index is 1.63. The number of fused-ring (bicyclic) bond motifs is 4. The Morgan fingerprint density at radius 3 is 2.34 bits per heavy atom. The molecular formula is C38H56N2O13. The van der Waals surface area contributed by atoms with Gasteiger partial charge in [-0.2, -0.15) is 0 Å². The third-order valence-corrected chi connectivity index (χ3v) is 11.5. The van der Waals surface area contributed by atoms with E-state index in [1.165, 1.54) is 0 Å². The second kappa shape index (κ2) is 16.1. The second-order valence-electron chi connectivity index (χ2n) is 15.9. The summed E-state index contributed by atoms with van der Waals surface area (Å²) >= 11 is 0. The van der Waals surface area contributed by atoms with Crippen LogP contribution in [0.25, 0.3) is 0 Å². The van der Waals surface area contributed by atoms with Crippen molar-refractivity contribution in [2.45, 2.75) is 147 Å². The lowest BCUT2D eigenvalue weighted by atomic mass is 9.73. The van der Waals surface area contributed by atoms with E-state index < -0.39 is 102 Å². The van der Waals surface area contributed by atoms with Crippen LogP contribution in [0.4, 0.5) is 9.59 Å². The van der Waals surface area contributed by atoms with Crippen LogP contribution in [-0.2, 0) is 53.9 Å². The lowest BCUT2D eigenvalue weighted by molar-refractivity contribution is -0.298. The molecule has 0 unspecified atom stereocenters. The molecule has 4 aliphatic heterocycles. The summed E-state index contributed by atoms with van der Waals surface area (Å²) in [5.41, 5.74) is -2.48. The first-order valence-corrected chi connectivity index (χ1v) is 18.6. The maximum Gasteiger partial charge on any atom is 0.509 e. The summed E-state index contributed by atoms with van der Waals surface area (Å²) in [4.78, 5) is 60.5. The van der Waals surface area contributed by atoms with E-state index in [2.05, 4.69) is 4.98 Å². The minimum atomic E-state index is -1.49. The molecule has 1 aromatic rings. The highest BCUT2D eigenvalue weighted by Crippen LogP contribution is 2.46. The fraction of sp³-hybridized carbons (Fsp3) is 0.763. The molecule has 15 heteroatoms. The molecule has 0 amide bonds. The first-order valence-electron chi connectivity index (χ1n) is 18.6. The normalized spacial score (nSPS) is 42.2. The van der Waals surface area contributed by atoms with Gasteiger partial charge in [0.05, 0.1) is 24.1 Å². The Hall–Kier alpha value is -3.53. The standard InChI is InChI=1S/C38H56N2O13/c1-11-26-38(8)32(51-36(45)53-38)21(4)29-19(2)18-37(7,52-35(44)49-29)31(50-34-28(42)25(40(9)10)16-20(3)46-34)22(5)30(23(6)33(43)47-26)48-27(41)17-24-14-12-13-15-39-24/h12-15,19-23,25-26,28-32,34,42H,11,16-18H2,1-10H3/t19-,20-,21+,22+,23-,25+,26-,28-,29+,30+,31-,32-,34+,37-,38-/m1/s1. The molecular weight excluding hydrogens is 692 g/mol. The van der Waals surface area contributed by atoms with Gasteiger partial charge in [-0.05, 0) is 79.1 Å². The van der Waals surface area contributed by atoms with E-state index in [1.807, 2.05) is 32.8 Å². The Kier molecular flexibility index (Phi) is 12.3. The van der Waals surface area contributed by atoms with Crippen LogP contribution in [0.1, 0.15) is 80.3 Å². The molecule has 0 aliphatic carbocycles. The van der Waals surface area contributed by atoms with Crippen molar-refractivity contribution in [1.29, 1.82) is 0 Å². The molecule has 0 aromatic carbocycles. The predicted octanol–water partition coefficient (Wildman–Crippen LogP) is 4.21. The van der Waals surface area contributed by atoms with Crippen LogP contribution in [0.3, 0.4) is 0 Å². The summed E-state index contributed by atoms with van der Waals surface area (Å²) in [6.45, 7) is 14.0. The van der Waals surface area contributed by atoms with Crippen molar-refractivity contribution in [2.75, 3.05) is 14.1 Å². The van der Waals surface area contributed by atoms with Gasteiger partial charge in [0.2, 0.25) is 0 Å². The number of cyclic esters (lactones) is 1. The molecule has 1 aromatic heterocycles. The quantitative estimate of drug-likeness (QED) is 0.310. The van der Waals surface area contributed by atoms with Crippen molar-refractivity contribution in [1.82, 2.24) is 9.88 Å². The van der Waals surface area contributed by atoms with Crippen LogP contribution < -0.4 is 0 Å². The van der Waals surface area contributed by atoms with Gasteiger partial charge in [-0.1, -0.05) is 33.8 Å². The number of esters is 2. The molecule has 4 aliphatic rings. The molecule has 2 bridgehead atoms. The van der Waals surface area contributed by atoms with Gasteiger partial charge in [0.1, 0.15) is 36.1 Å². The smallest absolute Gasteiger partial charge is 0.461 e. The Morgan fingerprint density at radius 2 is 1.70 bits per heavy atom. The Bertz CT molecular complexity index is 1480. The highest BCUT2D eigenvalue weighted by molar-refractivity contribution is 5.76. The molecule has 53 heavy (non-hydrogen) atoms. The molecule has 4 saturated heterocycles. The summed E-state index contributed by atoms with van der Waals surface area (Å²) in [7, 11) is 3.71. The number of aromatic nitrogens is 1. The molecule has 296 valence electrons. The van der Waals surface area contributed by atoms with Crippen LogP contribution in [0, 0.1) is 23.7 Å². The molecule has 4 fully saturated rings. The third-order valence-electron chi connectivity index (χ3n) is 11.5. The first-order chi connectivity index (χ1) is 24.9. The van der Waals surface area contributed by atoms with Crippen molar-refractivity contribution in [3.8, 4) is 0 Å². The van der Waals surface area contributed by atoms with Gasteiger partial charge in [0.25, 0.3) is 0 Å². The van der Waals surface area contributed by atoms with Crippen molar-refractivity contribution >= 4 is 24.2 Å². The predicted molar refractivity (Wildman–Crippen MR) is 186 cm³/mol. The van der Waals surface area contributed by atoms with Crippen LogP contribution in [-0.4, -0.2) is 120 Å². The fourth-order valence-corrected chi connectivity index (χ4v) is 8.86. The number of aliphatic hydroxyl groups excluding tert-OH is 1. The van der Waals surface area contributed by atoms with E-state index in [-0.39, 0.29) is 31.4 Å². The largest absolute Gasteiger partial charge is 0.509 e. The van der Waals surface area contributed by atoms with Crippen LogP contribution >= 0.6 is 0 Å². The maximum absolute atomic E-state index is 14.2. The van der Waals surface area contributed by atoms with E-state index in [4.69, 9.17) is 37.9 Å². The molecule has 0 spiro atoms. The van der Waals surface area contributed by atoms with Crippen LogP contribution in [0.5, 0.6) is 0 Å². The number of pyridine rings is 1. The van der Waals surface area contributed by atoms with Crippen LogP contribution in [0.15, 0.2) is 24.4 Å². The first kappa shape index (κ1) is 40.7. The van der Waals surface area contributed by atoms with Crippen molar-refractivity contribution < 1.29 is 62.2 Å². The number of ether oxygens (including phenoxy) is 8. The molecule has 5 rings (SSSR count). The number of rotatable bonds is 7. The molecule has 5 heterocycles.